The van der Waals surface area contributed by atoms with Crippen molar-refractivity contribution >= 4 is 11.8 Å². The smallest absolute Gasteiger partial charge is 0.137 e. The highest BCUT2D eigenvalue weighted by molar-refractivity contribution is 7.99. The van der Waals surface area contributed by atoms with E-state index in [1.54, 1.807) is 6.07 Å². The van der Waals surface area contributed by atoms with Crippen molar-refractivity contribution in [3.8, 4) is 0 Å². The number of halogens is 1. The maximum atomic E-state index is 14.2. The van der Waals surface area contributed by atoms with Crippen LogP contribution in [0.5, 0.6) is 0 Å². The zero-order chi connectivity index (χ0) is 14.7. The standard InChI is InChI=1S/C17H20FNS/c1-11-8-9-14(10-12(11)2)20-17-15(13(3)19-4)6-5-7-16(17)18/h5-10,13,19H,1-4H3. The van der Waals surface area contributed by atoms with E-state index in [9.17, 15) is 4.39 Å². The summed E-state index contributed by atoms with van der Waals surface area (Å²) in [5.74, 6) is -0.159. The van der Waals surface area contributed by atoms with E-state index in [1.165, 1.54) is 29.0 Å². The average molecular weight is 289 g/mol. The zero-order valence-corrected chi connectivity index (χ0v) is 13.1. The first-order valence-electron chi connectivity index (χ1n) is 6.73. The van der Waals surface area contributed by atoms with Gasteiger partial charge in [-0.05, 0) is 62.7 Å². The van der Waals surface area contributed by atoms with Crippen molar-refractivity contribution in [2.45, 2.75) is 36.6 Å². The number of rotatable bonds is 4. The van der Waals surface area contributed by atoms with Gasteiger partial charge in [0.1, 0.15) is 5.82 Å². The van der Waals surface area contributed by atoms with E-state index in [0.29, 0.717) is 4.90 Å². The molecule has 3 heteroatoms. The van der Waals surface area contributed by atoms with Gasteiger partial charge in [-0.15, -0.1) is 0 Å². The first-order chi connectivity index (χ1) is 9.52. The fourth-order valence-corrected chi connectivity index (χ4v) is 3.16. The van der Waals surface area contributed by atoms with E-state index in [-0.39, 0.29) is 11.9 Å². The molecule has 0 aliphatic rings. The molecule has 0 radical (unpaired) electrons. The van der Waals surface area contributed by atoms with Gasteiger partial charge in [-0.25, -0.2) is 4.39 Å². The summed E-state index contributed by atoms with van der Waals surface area (Å²) in [6.45, 7) is 6.21. The van der Waals surface area contributed by atoms with Gasteiger partial charge in [-0.2, -0.15) is 0 Å². The number of benzene rings is 2. The van der Waals surface area contributed by atoms with Gasteiger partial charge in [-0.1, -0.05) is 30.0 Å². The van der Waals surface area contributed by atoms with Gasteiger partial charge < -0.3 is 5.32 Å². The average Bonchev–Trinajstić information content (AvgIpc) is 2.44. The molecule has 0 bridgehead atoms. The van der Waals surface area contributed by atoms with Crippen LogP contribution in [0.15, 0.2) is 46.2 Å². The Balaban J connectivity index is 2.39. The summed E-state index contributed by atoms with van der Waals surface area (Å²) < 4.78 is 14.2. The molecule has 1 atom stereocenters. The molecule has 0 saturated carbocycles. The first kappa shape index (κ1) is 15.1. The minimum atomic E-state index is -0.159. The summed E-state index contributed by atoms with van der Waals surface area (Å²) in [6, 6.07) is 11.6. The molecule has 0 aliphatic heterocycles. The summed E-state index contributed by atoms with van der Waals surface area (Å²) in [5.41, 5.74) is 3.48. The maximum absolute atomic E-state index is 14.2. The van der Waals surface area contributed by atoms with Crippen LogP contribution in [0.2, 0.25) is 0 Å². The summed E-state index contributed by atoms with van der Waals surface area (Å²) in [5, 5.41) is 3.18. The van der Waals surface area contributed by atoms with Gasteiger partial charge in [-0.3, -0.25) is 0 Å². The SMILES string of the molecule is CNC(C)c1cccc(F)c1Sc1ccc(C)c(C)c1. The summed E-state index contributed by atoms with van der Waals surface area (Å²) in [4.78, 5) is 1.78. The van der Waals surface area contributed by atoms with Gasteiger partial charge >= 0.3 is 0 Å². The van der Waals surface area contributed by atoms with Crippen LogP contribution in [0.25, 0.3) is 0 Å². The van der Waals surface area contributed by atoms with Crippen LogP contribution in [-0.4, -0.2) is 7.05 Å². The molecule has 0 heterocycles. The number of hydrogen-bond acceptors (Lipinski definition) is 2. The summed E-state index contributed by atoms with van der Waals surface area (Å²) >= 11 is 1.49. The van der Waals surface area contributed by atoms with Gasteiger partial charge in [0.2, 0.25) is 0 Å². The Kier molecular flexibility index (Phi) is 4.84. The molecule has 106 valence electrons. The van der Waals surface area contributed by atoms with Crippen LogP contribution in [0.3, 0.4) is 0 Å². The van der Waals surface area contributed by atoms with E-state index in [1.807, 2.05) is 26.1 Å². The van der Waals surface area contributed by atoms with Crippen molar-refractivity contribution in [3.05, 3.63) is 58.9 Å². The molecule has 0 fully saturated rings. The minimum Gasteiger partial charge on any atom is -0.313 e. The Bertz CT molecular complexity index is 610. The van der Waals surface area contributed by atoms with E-state index in [2.05, 4.69) is 31.3 Å². The topological polar surface area (TPSA) is 12.0 Å². The highest BCUT2D eigenvalue weighted by Gasteiger charge is 2.14. The minimum absolute atomic E-state index is 0.125. The maximum Gasteiger partial charge on any atom is 0.137 e. The van der Waals surface area contributed by atoms with Gasteiger partial charge in [0.15, 0.2) is 0 Å². The van der Waals surface area contributed by atoms with Crippen molar-refractivity contribution in [3.63, 3.8) is 0 Å². The summed E-state index contributed by atoms with van der Waals surface area (Å²) in [6.07, 6.45) is 0. The van der Waals surface area contributed by atoms with Crippen molar-refractivity contribution < 1.29 is 4.39 Å². The zero-order valence-electron chi connectivity index (χ0n) is 12.3. The predicted molar refractivity (Wildman–Crippen MR) is 83.9 cm³/mol. The lowest BCUT2D eigenvalue weighted by molar-refractivity contribution is 0.576. The second-order valence-electron chi connectivity index (χ2n) is 5.02. The van der Waals surface area contributed by atoms with E-state index >= 15 is 0 Å². The Hall–Kier alpha value is -1.32. The number of aryl methyl sites for hydroxylation is 2. The Labute approximate surface area is 124 Å². The Morgan fingerprint density at radius 3 is 2.50 bits per heavy atom. The Morgan fingerprint density at radius 1 is 1.10 bits per heavy atom. The van der Waals surface area contributed by atoms with Gasteiger partial charge in [0.05, 0.1) is 4.90 Å². The van der Waals surface area contributed by atoms with E-state index in [0.717, 1.165) is 10.5 Å². The fraction of sp³-hybridized carbons (Fsp3) is 0.294. The monoisotopic (exact) mass is 289 g/mol. The molecular formula is C17H20FNS. The molecule has 1 nitrogen and oxygen atoms in total. The third-order valence-electron chi connectivity index (χ3n) is 3.60. The number of nitrogens with one attached hydrogen (secondary N) is 1. The van der Waals surface area contributed by atoms with Crippen molar-refractivity contribution in [2.24, 2.45) is 0 Å². The highest BCUT2D eigenvalue weighted by Crippen LogP contribution is 2.35. The molecular weight excluding hydrogens is 269 g/mol. The van der Waals surface area contributed by atoms with Gasteiger partial charge in [0.25, 0.3) is 0 Å². The summed E-state index contributed by atoms with van der Waals surface area (Å²) in [7, 11) is 1.89. The second-order valence-corrected chi connectivity index (χ2v) is 6.10. The van der Waals surface area contributed by atoms with Crippen molar-refractivity contribution in [1.29, 1.82) is 0 Å². The quantitative estimate of drug-likeness (QED) is 0.861. The molecule has 2 aromatic carbocycles. The molecule has 0 aliphatic carbocycles. The van der Waals surface area contributed by atoms with Crippen LogP contribution < -0.4 is 5.32 Å². The lowest BCUT2D eigenvalue weighted by atomic mass is 10.1. The lowest BCUT2D eigenvalue weighted by Gasteiger charge is -2.16. The van der Waals surface area contributed by atoms with E-state index < -0.39 is 0 Å². The molecule has 0 amide bonds. The highest BCUT2D eigenvalue weighted by atomic mass is 32.2. The third-order valence-corrected chi connectivity index (χ3v) is 4.72. The fourth-order valence-electron chi connectivity index (χ4n) is 2.02. The molecule has 2 aromatic rings. The molecule has 0 aromatic heterocycles. The normalized spacial score (nSPS) is 12.4. The third kappa shape index (κ3) is 3.22. The molecule has 1 unspecified atom stereocenters. The van der Waals surface area contributed by atoms with Crippen LogP contribution in [0, 0.1) is 19.7 Å². The van der Waals surface area contributed by atoms with Crippen LogP contribution >= 0.6 is 11.8 Å². The molecule has 20 heavy (non-hydrogen) atoms. The second kappa shape index (κ2) is 6.42. The first-order valence-corrected chi connectivity index (χ1v) is 7.55. The Morgan fingerprint density at radius 2 is 1.85 bits per heavy atom. The van der Waals surface area contributed by atoms with Gasteiger partial charge in [0, 0.05) is 10.9 Å². The molecule has 0 spiro atoms. The molecule has 1 N–H and O–H groups in total. The molecule has 2 rings (SSSR count). The van der Waals surface area contributed by atoms with E-state index in [4.69, 9.17) is 0 Å². The lowest BCUT2D eigenvalue weighted by Crippen LogP contribution is -2.13. The van der Waals surface area contributed by atoms with Crippen molar-refractivity contribution in [1.82, 2.24) is 5.32 Å². The van der Waals surface area contributed by atoms with Crippen molar-refractivity contribution in [2.75, 3.05) is 7.05 Å². The van der Waals surface area contributed by atoms with Crippen LogP contribution in [0.4, 0.5) is 4.39 Å². The predicted octanol–water partition coefficient (Wildman–Crippen LogP) is 4.87. The largest absolute Gasteiger partial charge is 0.313 e. The number of hydrogen-bond donors (Lipinski definition) is 1. The van der Waals surface area contributed by atoms with Crippen LogP contribution in [-0.2, 0) is 0 Å². The van der Waals surface area contributed by atoms with Crippen LogP contribution in [0.1, 0.15) is 29.7 Å². The molecule has 0 saturated heterocycles.